The third-order valence-electron chi connectivity index (χ3n) is 3.54. The number of rotatable bonds is 6. The van der Waals surface area contributed by atoms with Crippen molar-refractivity contribution in [2.24, 2.45) is 5.92 Å². The smallest absolute Gasteiger partial charge is 0.337 e. The second kappa shape index (κ2) is 7.08. The van der Waals surface area contributed by atoms with E-state index in [1.54, 1.807) is 18.2 Å². The summed E-state index contributed by atoms with van der Waals surface area (Å²) in [5.41, 5.74) is 1.39. The molecular formula is C15H20N4O4. The van der Waals surface area contributed by atoms with Gasteiger partial charge in [-0.1, -0.05) is 18.7 Å². The number of fused-ring (bicyclic) bond motifs is 1. The molecule has 1 N–H and O–H groups in total. The first-order valence-electron chi connectivity index (χ1n) is 7.28. The molecule has 0 spiro atoms. The zero-order valence-corrected chi connectivity index (χ0v) is 13.6. The lowest BCUT2D eigenvalue weighted by atomic mass is 10.1. The Hall–Kier alpha value is -2.64. The number of carbonyl (C=O) groups is 2. The fourth-order valence-corrected chi connectivity index (χ4v) is 1.82. The molecule has 1 heterocycles. The van der Waals surface area contributed by atoms with Crippen molar-refractivity contribution in [3.05, 3.63) is 23.8 Å². The monoisotopic (exact) mass is 320 g/mol. The van der Waals surface area contributed by atoms with Gasteiger partial charge in [-0.2, -0.15) is 0 Å². The van der Waals surface area contributed by atoms with E-state index in [0.29, 0.717) is 22.5 Å². The minimum absolute atomic E-state index is 0.0458. The highest BCUT2D eigenvalue weighted by atomic mass is 16.7. The van der Waals surface area contributed by atoms with Crippen LogP contribution in [0.4, 0.5) is 0 Å². The highest BCUT2D eigenvalue weighted by Crippen LogP contribution is 2.13. The lowest BCUT2D eigenvalue weighted by Gasteiger charge is -2.17. The zero-order chi connectivity index (χ0) is 17.0. The van der Waals surface area contributed by atoms with E-state index in [9.17, 15) is 9.59 Å². The molecule has 1 atom stereocenters. The van der Waals surface area contributed by atoms with Crippen molar-refractivity contribution >= 4 is 22.9 Å². The molecule has 0 radical (unpaired) electrons. The molecule has 1 amide bonds. The minimum atomic E-state index is -0.469. The van der Waals surface area contributed by atoms with Crippen LogP contribution >= 0.6 is 0 Å². The summed E-state index contributed by atoms with van der Waals surface area (Å²) < 4.78 is 4.67. The standard InChI is InChI=1S/C15H20N4O4/c1-9(2)10(3)16-14(20)8-23-19-13-7-11(15(21)22-4)5-6-12(13)17-18-19/h5-7,9-10H,8H2,1-4H3,(H,16,20)/t10-/m0/s1. The Morgan fingerprint density at radius 2 is 2.04 bits per heavy atom. The molecule has 0 unspecified atom stereocenters. The van der Waals surface area contributed by atoms with Crippen molar-refractivity contribution in [2.45, 2.75) is 26.8 Å². The van der Waals surface area contributed by atoms with Crippen LogP contribution < -0.4 is 10.2 Å². The summed E-state index contributed by atoms with van der Waals surface area (Å²) in [6, 6.07) is 4.82. The fourth-order valence-electron chi connectivity index (χ4n) is 1.82. The largest absolute Gasteiger partial charge is 0.465 e. The number of benzene rings is 1. The van der Waals surface area contributed by atoms with Gasteiger partial charge in [-0.25, -0.2) is 4.79 Å². The van der Waals surface area contributed by atoms with E-state index in [-0.39, 0.29) is 18.6 Å². The van der Waals surface area contributed by atoms with Crippen molar-refractivity contribution in [2.75, 3.05) is 13.7 Å². The molecule has 0 fully saturated rings. The first kappa shape index (κ1) is 16.7. The Labute approximate surface area is 133 Å². The Morgan fingerprint density at radius 1 is 1.30 bits per heavy atom. The van der Waals surface area contributed by atoms with Gasteiger partial charge >= 0.3 is 5.97 Å². The molecule has 0 saturated heterocycles. The van der Waals surface area contributed by atoms with Crippen molar-refractivity contribution in [1.82, 2.24) is 20.5 Å². The normalized spacial score (nSPS) is 12.2. The molecule has 8 heteroatoms. The van der Waals surface area contributed by atoms with Gasteiger partial charge in [0.25, 0.3) is 5.91 Å². The van der Waals surface area contributed by atoms with E-state index in [2.05, 4.69) is 20.4 Å². The predicted octanol–water partition coefficient (Wildman–Crippen LogP) is 0.807. The van der Waals surface area contributed by atoms with Gasteiger partial charge < -0.3 is 14.9 Å². The first-order chi connectivity index (χ1) is 10.9. The van der Waals surface area contributed by atoms with Crippen LogP contribution in [0, 0.1) is 5.92 Å². The van der Waals surface area contributed by atoms with Gasteiger partial charge in [0.1, 0.15) is 11.0 Å². The number of ether oxygens (including phenoxy) is 1. The van der Waals surface area contributed by atoms with Gasteiger partial charge in [0.2, 0.25) is 0 Å². The summed E-state index contributed by atoms with van der Waals surface area (Å²) in [5, 5.41) is 10.6. The Kier molecular flexibility index (Phi) is 5.15. The highest BCUT2D eigenvalue weighted by Gasteiger charge is 2.14. The van der Waals surface area contributed by atoms with Gasteiger partial charge in [-0.15, -0.1) is 5.10 Å². The SMILES string of the molecule is COC(=O)c1ccc2nnn(OCC(=O)N[C@@H](C)C(C)C)c2c1. The highest BCUT2D eigenvalue weighted by molar-refractivity contribution is 5.93. The summed E-state index contributed by atoms with van der Waals surface area (Å²) in [4.78, 5) is 29.9. The first-order valence-corrected chi connectivity index (χ1v) is 7.28. The summed E-state index contributed by atoms with van der Waals surface area (Å²) >= 11 is 0. The molecule has 1 aromatic heterocycles. The van der Waals surface area contributed by atoms with Gasteiger partial charge in [0, 0.05) is 6.04 Å². The molecule has 23 heavy (non-hydrogen) atoms. The van der Waals surface area contributed by atoms with E-state index in [1.807, 2.05) is 20.8 Å². The van der Waals surface area contributed by atoms with Crippen LogP contribution in [0.3, 0.4) is 0 Å². The summed E-state index contributed by atoms with van der Waals surface area (Å²) in [6.07, 6.45) is 0. The molecule has 0 aliphatic carbocycles. The van der Waals surface area contributed by atoms with Crippen LogP contribution in [0.5, 0.6) is 0 Å². The average molecular weight is 320 g/mol. The summed E-state index contributed by atoms with van der Waals surface area (Å²) in [7, 11) is 1.30. The maximum Gasteiger partial charge on any atom is 0.337 e. The van der Waals surface area contributed by atoms with E-state index in [1.165, 1.54) is 7.11 Å². The Bertz CT molecular complexity index is 711. The number of carbonyl (C=O) groups excluding carboxylic acids is 2. The molecule has 0 saturated carbocycles. The Morgan fingerprint density at radius 3 is 2.70 bits per heavy atom. The van der Waals surface area contributed by atoms with Crippen LogP contribution in [0.2, 0.25) is 0 Å². The number of nitrogens with zero attached hydrogens (tertiary/aromatic N) is 3. The quantitative estimate of drug-likeness (QED) is 0.791. The van der Waals surface area contributed by atoms with Crippen molar-refractivity contribution in [3.63, 3.8) is 0 Å². The van der Waals surface area contributed by atoms with Crippen LogP contribution in [-0.4, -0.2) is 46.8 Å². The topological polar surface area (TPSA) is 95.3 Å². The predicted molar refractivity (Wildman–Crippen MR) is 82.8 cm³/mol. The minimum Gasteiger partial charge on any atom is -0.465 e. The van der Waals surface area contributed by atoms with Crippen LogP contribution in [0.15, 0.2) is 18.2 Å². The lowest BCUT2D eigenvalue weighted by Crippen LogP contribution is -2.40. The number of esters is 1. The maximum atomic E-state index is 11.8. The number of nitrogens with one attached hydrogen (secondary N) is 1. The number of methoxy groups -OCH3 is 1. The van der Waals surface area contributed by atoms with Crippen LogP contribution in [-0.2, 0) is 9.53 Å². The van der Waals surface area contributed by atoms with E-state index >= 15 is 0 Å². The average Bonchev–Trinajstić information content (AvgIpc) is 2.94. The molecule has 1 aromatic carbocycles. The maximum absolute atomic E-state index is 11.8. The molecular weight excluding hydrogens is 300 g/mol. The van der Waals surface area contributed by atoms with Gasteiger partial charge in [0.15, 0.2) is 6.61 Å². The van der Waals surface area contributed by atoms with E-state index < -0.39 is 5.97 Å². The summed E-state index contributed by atoms with van der Waals surface area (Å²) in [6.45, 7) is 5.77. The van der Waals surface area contributed by atoms with Gasteiger partial charge in [0.05, 0.1) is 12.7 Å². The van der Waals surface area contributed by atoms with E-state index in [0.717, 1.165) is 4.85 Å². The van der Waals surface area contributed by atoms with Crippen molar-refractivity contribution in [1.29, 1.82) is 0 Å². The molecule has 8 nitrogen and oxygen atoms in total. The molecule has 124 valence electrons. The number of hydrogen-bond acceptors (Lipinski definition) is 6. The molecule has 0 aliphatic rings. The van der Waals surface area contributed by atoms with Gasteiger partial charge in [-0.3, -0.25) is 4.79 Å². The van der Waals surface area contributed by atoms with Gasteiger partial charge in [-0.05, 0) is 36.3 Å². The molecule has 0 aliphatic heterocycles. The number of amides is 1. The van der Waals surface area contributed by atoms with Crippen molar-refractivity contribution < 1.29 is 19.2 Å². The lowest BCUT2D eigenvalue weighted by molar-refractivity contribution is -0.127. The second-order valence-electron chi connectivity index (χ2n) is 5.53. The van der Waals surface area contributed by atoms with Crippen molar-refractivity contribution in [3.8, 4) is 0 Å². The van der Waals surface area contributed by atoms with Crippen LogP contribution in [0.25, 0.3) is 11.0 Å². The second-order valence-corrected chi connectivity index (χ2v) is 5.53. The Balaban J connectivity index is 2.08. The fraction of sp³-hybridized carbons (Fsp3) is 0.467. The van der Waals surface area contributed by atoms with E-state index in [4.69, 9.17) is 4.84 Å². The molecule has 2 aromatic rings. The summed E-state index contributed by atoms with van der Waals surface area (Å²) in [5.74, 6) is -0.393. The molecule has 0 bridgehead atoms. The van der Waals surface area contributed by atoms with Crippen LogP contribution in [0.1, 0.15) is 31.1 Å². The number of hydrogen-bond donors (Lipinski definition) is 1. The molecule has 2 rings (SSSR count). The third kappa shape index (κ3) is 3.97. The zero-order valence-electron chi connectivity index (χ0n) is 13.6. The third-order valence-corrected chi connectivity index (χ3v) is 3.54. The number of aromatic nitrogens is 3.